The third kappa shape index (κ3) is 5.74. The number of carbonyl (C=O) groups is 2. The van der Waals surface area contributed by atoms with Crippen LogP contribution in [0.5, 0.6) is 0 Å². The Morgan fingerprint density at radius 2 is 2.05 bits per heavy atom. The van der Waals surface area contributed by atoms with Gasteiger partial charge in [0.25, 0.3) is 5.91 Å². The van der Waals surface area contributed by atoms with E-state index >= 15 is 0 Å². The average molecular weight is 556 g/mol. The van der Waals surface area contributed by atoms with Crippen molar-refractivity contribution in [3.05, 3.63) is 77.6 Å². The fourth-order valence-electron chi connectivity index (χ4n) is 5.43. The molecule has 0 aliphatic carbocycles. The van der Waals surface area contributed by atoms with Crippen LogP contribution < -0.4 is 11.1 Å². The molecule has 1 aliphatic heterocycles. The molecule has 1 aromatic carbocycles. The first-order valence-electron chi connectivity index (χ1n) is 13.9. The number of nitrogens with two attached hydrogens (primary N) is 1. The number of furan rings is 1. The van der Waals surface area contributed by atoms with Gasteiger partial charge in [0, 0.05) is 37.2 Å². The van der Waals surface area contributed by atoms with Crippen LogP contribution in [0.3, 0.4) is 0 Å². The third-order valence-electron chi connectivity index (χ3n) is 7.39. The van der Waals surface area contributed by atoms with Gasteiger partial charge < -0.3 is 25.3 Å². The summed E-state index contributed by atoms with van der Waals surface area (Å²) < 4.78 is 7.89. The van der Waals surface area contributed by atoms with E-state index in [1.54, 1.807) is 30.6 Å². The van der Waals surface area contributed by atoms with E-state index in [-0.39, 0.29) is 29.4 Å². The molecule has 5 rings (SSSR count). The number of rotatable bonds is 8. The topological polar surface area (TPSA) is 122 Å². The van der Waals surface area contributed by atoms with Crippen molar-refractivity contribution < 1.29 is 14.0 Å². The molecule has 3 aromatic heterocycles. The van der Waals surface area contributed by atoms with Crippen molar-refractivity contribution in [3.8, 4) is 11.5 Å². The highest BCUT2D eigenvalue weighted by Gasteiger charge is 2.34. The quantitative estimate of drug-likeness (QED) is 0.292. The predicted octanol–water partition coefficient (Wildman–Crippen LogP) is 5.04. The number of likely N-dealkylation sites (tertiary alicyclic amines) is 1. The van der Waals surface area contributed by atoms with Crippen molar-refractivity contribution in [2.24, 2.45) is 0 Å². The number of imidazole rings is 1. The molecule has 2 amide bonds. The Bertz CT molecular complexity index is 1620. The molecule has 4 aromatic rings. The number of anilines is 2. The summed E-state index contributed by atoms with van der Waals surface area (Å²) in [6.07, 6.45) is 8.54. The fraction of sp³-hybridized carbons (Fsp3) is 0.355. The van der Waals surface area contributed by atoms with E-state index in [4.69, 9.17) is 15.1 Å². The van der Waals surface area contributed by atoms with Crippen LogP contribution in [0, 0.1) is 6.92 Å². The molecule has 10 heteroatoms. The van der Waals surface area contributed by atoms with E-state index in [0.717, 1.165) is 18.4 Å². The summed E-state index contributed by atoms with van der Waals surface area (Å²) in [5.41, 5.74) is 10.4. The van der Waals surface area contributed by atoms with Crippen LogP contribution in [0.15, 0.2) is 59.3 Å². The molecule has 214 valence electrons. The Balaban J connectivity index is 1.44. The first-order valence-corrected chi connectivity index (χ1v) is 13.9. The number of nitrogens with zero attached hydrogens (tertiary/aromatic N) is 5. The maximum Gasteiger partial charge on any atom is 0.291 e. The highest BCUT2D eigenvalue weighted by molar-refractivity contribution is 6.02. The molecule has 0 saturated carbocycles. The van der Waals surface area contributed by atoms with E-state index in [0.29, 0.717) is 47.5 Å². The smallest absolute Gasteiger partial charge is 0.291 e. The van der Waals surface area contributed by atoms with Gasteiger partial charge in [-0.2, -0.15) is 0 Å². The standard InChI is InChI=1S/C31H37N7O3/c1-19(2)22-11-10-21(18-20(22)3)34-31(40)25-13-12-24(41-25)27-28-29(32)33-14-17-38(28)30(35-27)23-8-6-16-37(23)26(39)9-7-15-36(4)5/h7,9-14,17-19,23H,6,8,15-16H2,1-5H3,(H2,32,33)(H,34,40)/b9-7+/t23-/m0/s1. The van der Waals surface area contributed by atoms with E-state index in [9.17, 15) is 9.59 Å². The van der Waals surface area contributed by atoms with E-state index in [2.05, 4.69) is 24.1 Å². The van der Waals surface area contributed by atoms with Crippen molar-refractivity contribution in [1.82, 2.24) is 24.2 Å². The maximum absolute atomic E-state index is 13.1. The molecule has 10 nitrogen and oxygen atoms in total. The minimum absolute atomic E-state index is 0.0525. The molecule has 0 unspecified atom stereocenters. The van der Waals surface area contributed by atoms with Crippen LogP contribution in [-0.4, -0.2) is 63.2 Å². The number of nitrogen functional groups attached to an aromatic ring is 1. The fourth-order valence-corrected chi connectivity index (χ4v) is 5.43. The van der Waals surface area contributed by atoms with E-state index < -0.39 is 0 Å². The average Bonchev–Trinajstić information content (AvgIpc) is 3.66. The van der Waals surface area contributed by atoms with Crippen LogP contribution in [0.2, 0.25) is 0 Å². The summed E-state index contributed by atoms with van der Waals surface area (Å²) in [4.78, 5) is 39.2. The number of amides is 2. The molecule has 0 spiro atoms. The van der Waals surface area contributed by atoms with Crippen LogP contribution in [-0.2, 0) is 4.79 Å². The largest absolute Gasteiger partial charge is 0.449 e. The number of hydrogen-bond acceptors (Lipinski definition) is 7. The third-order valence-corrected chi connectivity index (χ3v) is 7.39. The van der Waals surface area contributed by atoms with Gasteiger partial charge in [-0.05, 0) is 75.2 Å². The first-order chi connectivity index (χ1) is 19.6. The monoisotopic (exact) mass is 555 g/mol. The number of nitrogens with one attached hydrogen (secondary N) is 1. The minimum atomic E-state index is -0.361. The summed E-state index contributed by atoms with van der Waals surface area (Å²) in [6.45, 7) is 7.65. The summed E-state index contributed by atoms with van der Waals surface area (Å²) in [5.74, 6) is 1.50. The van der Waals surface area contributed by atoms with Gasteiger partial charge in [0.05, 0.1) is 6.04 Å². The highest BCUT2D eigenvalue weighted by Crippen LogP contribution is 2.37. The summed E-state index contributed by atoms with van der Waals surface area (Å²) >= 11 is 0. The molecule has 0 radical (unpaired) electrons. The Labute approximate surface area is 239 Å². The maximum atomic E-state index is 13.1. The van der Waals surface area contributed by atoms with Gasteiger partial charge in [-0.25, -0.2) is 9.97 Å². The number of aryl methyl sites for hydroxylation is 1. The number of aromatic nitrogens is 3. The molecule has 1 atom stereocenters. The Morgan fingerprint density at radius 3 is 2.78 bits per heavy atom. The molecule has 3 N–H and O–H groups in total. The lowest BCUT2D eigenvalue weighted by atomic mass is 9.98. The molecule has 1 saturated heterocycles. The van der Waals surface area contributed by atoms with Crippen LogP contribution in [0.4, 0.5) is 11.5 Å². The molecule has 1 fully saturated rings. The van der Waals surface area contributed by atoms with Gasteiger partial charge in [-0.15, -0.1) is 0 Å². The van der Waals surface area contributed by atoms with Crippen molar-refractivity contribution in [3.63, 3.8) is 0 Å². The van der Waals surface area contributed by atoms with Gasteiger partial charge in [0.2, 0.25) is 5.91 Å². The van der Waals surface area contributed by atoms with Crippen LogP contribution in [0.25, 0.3) is 17.0 Å². The van der Waals surface area contributed by atoms with Crippen molar-refractivity contribution in [1.29, 1.82) is 0 Å². The van der Waals surface area contributed by atoms with E-state index in [1.807, 2.05) is 59.5 Å². The zero-order valence-electron chi connectivity index (χ0n) is 24.2. The van der Waals surface area contributed by atoms with Crippen LogP contribution in [0.1, 0.15) is 66.2 Å². The Kier molecular flexibility index (Phi) is 7.94. The Morgan fingerprint density at radius 1 is 1.24 bits per heavy atom. The number of fused-ring (bicyclic) bond motifs is 1. The van der Waals surface area contributed by atoms with E-state index in [1.165, 1.54) is 5.56 Å². The van der Waals surface area contributed by atoms with Gasteiger partial charge >= 0.3 is 0 Å². The second-order valence-electron chi connectivity index (χ2n) is 11.0. The molecule has 0 bridgehead atoms. The number of hydrogen-bond donors (Lipinski definition) is 2. The normalized spacial score (nSPS) is 15.6. The van der Waals surface area contributed by atoms with Crippen molar-refractivity contribution in [2.75, 3.05) is 38.2 Å². The Hall–Kier alpha value is -4.44. The van der Waals surface area contributed by atoms with Crippen molar-refractivity contribution >= 4 is 28.8 Å². The first kappa shape index (κ1) is 28.1. The lowest BCUT2D eigenvalue weighted by Crippen LogP contribution is -2.30. The number of likely N-dealkylation sites (N-methyl/N-ethyl adjacent to an activating group) is 1. The lowest BCUT2D eigenvalue weighted by Gasteiger charge is -2.22. The number of benzene rings is 1. The van der Waals surface area contributed by atoms with Gasteiger partial charge in [0.1, 0.15) is 22.9 Å². The van der Waals surface area contributed by atoms with Crippen molar-refractivity contribution in [2.45, 2.75) is 45.6 Å². The van der Waals surface area contributed by atoms with Crippen LogP contribution >= 0.6 is 0 Å². The molecule has 4 heterocycles. The van der Waals surface area contributed by atoms with Gasteiger partial charge in [-0.3, -0.25) is 14.0 Å². The zero-order valence-corrected chi connectivity index (χ0v) is 24.2. The van der Waals surface area contributed by atoms with Gasteiger partial charge in [-0.1, -0.05) is 26.0 Å². The predicted molar refractivity (Wildman–Crippen MR) is 160 cm³/mol. The SMILES string of the molecule is Cc1cc(NC(=O)c2ccc(-c3nc([C@@H]4CCCN4C(=O)/C=C/CN(C)C)n4ccnc(N)c34)o2)ccc1C(C)C. The molecule has 41 heavy (non-hydrogen) atoms. The second-order valence-corrected chi connectivity index (χ2v) is 11.0. The lowest BCUT2D eigenvalue weighted by molar-refractivity contribution is -0.127. The highest BCUT2D eigenvalue weighted by atomic mass is 16.4. The molecule has 1 aliphatic rings. The molecular formula is C31H37N7O3. The molecular weight excluding hydrogens is 518 g/mol. The van der Waals surface area contributed by atoms with Gasteiger partial charge in [0.15, 0.2) is 11.5 Å². The summed E-state index contributed by atoms with van der Waals surface area (Å²) in [5, 5.41) is 2.92. The minimum Gasteiger partial charge on any atom is -0.449 e. The summed E-state index contributed by atoms with van der Waals surface area (Å²) in [6, 6.07) is 9.00. The second kappa shape index (κ2) is 11.6. The number of carbonyl (C=O) groups excluding carboxylic acids is 2. The summed E-state index contributed by atoms with van der Waals surface area (Å²) in [7, 11) is 3.91. The zero-order chi connectivity index (χ0) is 29.3.